The number of phenolic OH excluding ortho intramolecular Hbond substituents is 2. The number of imidazole rings is 1. The quantitative estimate of drug-likeness (QED) is 0.118. The van der Waals surface area contributed by atoms with Gasteiger partial charge in [0.05, 0.1) is 18.9 Å². The number of hydrogen-bond acceptors (Lipinski definition) is 7. The van der Waals surface area contributed by atoms with Crippen molar-refractivity contribution < 1.29 is 24.6 Å². The van der Waals surface area contributed by atoms with Crippen LogP contribution < -0.4 is 21.7 Å². The Morgan fingerprint density at radius 2 is 1.88 bits per heavy atom. The molecule has 208 valence electrons. The topological polar surface area (TPSA) is 198 Å². The molecule has 2 aromatic carbocycles. The lowest BCUT2D eigenvalue weighted by molar-refractivity contribution is -0.130. The standard InChI is InChI=1S/C27H28BrN7O5/c28-17-2-3-19-16(11-32-21(19)9-17)5-6-31-25(38)13-33-27(40)22(7-15-1-4-23(36)24(37)8-15)35-26(39)20(29)10-18-12-30-14-34-18/h1-6,8-9,11-12,14,20,22,32,36-37H,7,10,13,29H2,(H,30,34)(H,31,38)(H,33,40)(H,35,39)/b6-5-/t20-,22-/m0/s1. The average Bonchev–Trinajstić information content (AvgIpc) is 3.58. The fourth-order valence-electron chi connectivity index (χ4n) is 3.97. The average molecular weight is 610 g/mol. The molecule has 0 radical (unpaired) electrons. The Kier molecular flexibility index (Phi) is 9.19. The molecule has 0 saturated heterocycles. The predicted octanol–water partition coefficient (Wildman–Crippen LogP) is 1.57. The first-order chi connectivity index (χ1) is 19.2. The lowest BCUT2D eigenvalue weighted by Crippen LogP contribution is -2.54. The molecule has 0 bridgehead atoms. The van der Waals surface area contributed by atoms with Crippen LogP contribution in [0.1, 0.15) is 16.8 Å². The van der Waals surface area contributed by atoms with Crippen molar-refractivity contribution in [3.05, 3.63) is 82.6 Å². The Labute approximate surface area is 237 Å². The number of nitrogens with one attached hydrogen (secondary N) is 5. The van der Waals surface area contributed by atoms with Gasteiger partial charge < -0.3 is 41.9 Å². The molecule has 4 aromatic rings. The summed E-state index contributed by atoms with van der Waals surface area (Å²) < 4.78 is 0.943. The summed E-state index contributed by atoms with van der Waals surface area (Å²) in [4.78, 5) is 48.1. The van der Waals surface area contributed by atoms with Crippen molar-refractivity contribution >= 4 is 50.6 Å². The van der Waals surface area contributed by atoms with E-state index in [-0.39, 0.29) is 30.9 Å². The minimum Gasteiger partial charge on any atom is -0.504 e. The fraction of sp³-hybridized carbons (Fsp3) is 0.185. The highest BCUT2D eigenvalue weighted by Gasteiger charge is 2.25. The van der Waals surface area contributed by atoms with E-state index >= 15 is 0 Å². The summed E-state index contributed by atoms with van der Waals surface area (Å²) in [5.41, 5.74) is 8.94. The van der Waals surface area contributed by atoms with Crippen molar-refractivity contribution in [3.8, 4) is 11.5 Å². The molecule has 2 atom stereocenters. The number of H-pyrrole nitrogens is 2. The monoisotopic (exact) mass is 609 g/mol. The van der Waals surface area contributed by atoms with Crippen molar-refractivity contribution in [1.82, 2.24) is 30.9 Å². The first-order valence-corrected chi connectivity index (χ1v) is 13.0. The second kappa shape index (κ2) is 13.0. The fourth-order valence-corrected chi connectivity index (χ4v) is 4.33. The molecule has 40 heavy (non-hydrogen) atoms. The van der Waals surface area contributed by atoms with Crippen LogP contribution in [0.5, 0.6) is 11.5 Å². The molecule has 2 aromatic heterocycles. The molecule has 3 amide bonds. The summed E-state index contributed by atoms with van der Waals surface area (Å²) in [6, 6.07) is 7.79. The van der Waals surface area contributed by atoms with Gasteiger partial charge in [0.2, 0.25) is 17.7 Å². The van der Waals surface area contributed by atoms with Gasteiger partial charge in [-0.15, -0.1) is 0 Å². The summed E-state index contributed by atoms with van der Waals surface area (Å²) >= 11 is 3.42. The van der Waals surface area contributed by atoms with Gasteiger partial charge in [-0.2, -0.15) is 0 Å². The third kappa shape index (κ3) is 7.48. The third-order valence-corrected chi connectivity index (χ3v) is 6.54. The molecular weight excluding hydrogens is 582 g/mol. The number of aromatic hydroxyl groups is 2. The van der Waals surface area contributed by atoms with Gasteiger partial charge in [-0.1, -0.05) is 28.1 Å². The van der Waals surface area contributed by atoms with E-state index in [4.69, 9.17) is 5.73 Å². The van der Waals surface area contributed by atoms with E-state index in [1.54, 1.807) is 12.3 Å². The Balaban J connectivity index is 1.36. The Bertz CT molecular complexity index is 1530. The molecule has 0 saturated carbocycles. The van der Waals surface area contributed by atoms with Crippen LogP contribution in [-0.2, 0) is 27.2 Å². The number of aromatic amines is 2. The number of aromatic nitrogens is 3. The number of carbonyl (C=O) groups excluding carboxylic acids is 3. The van der Waals surface area contributed by atoms with Crippen molar-refractivity contribution in [2.24, 2.45) is 5.73 Å². The minimum absolute atomic E-state index is 0.0274. The maximum absolute atomic E-state index is 13.0. The van der Waals surface area contributed by atoms with E-state index in [1.165, 1.54) is 30.7 Å². The van der Waals surface area contributed by atoms with E-state index in [9.17, 15) is 24.6 Å². The molecule has 0 spiro atoms. The second-order valence-corrected chi connectivity index (χ2v) is 9.94. The SMILES string of the molecule is N[C@@H](Cc1cnc[nH]1)C(=O)N[C@@H](Cc1ccc(O)c(O)c1)C(=O)NCC(=O)N/C=C\c1c[nH]c2cc(Br)ccc12. The summed E-state index contributed by atoms with van der Waals surface area (Å²) in [5.74, 6) is -2.38. The number of fused-ring (bicyclic) bond motifs is 1. The van der Waals surface area contributed by atoms with Crippen molar-refractivity contribution in [2.45, 2.75) is 24.9 Å². The number of rotatable bonds is 11. The third-order valence-electron chi connectivity index (χ3n) is 6.05. The zero-order valence-corrected chi connectivity index (χ0v) is 22.7. The highest BCUT2D eigenvalue weighted by atomic mass is 79.9. The maximum Gasteiger partial charge on any atom is 0.243 e. The second-order valence-electron chi connectivity index (χ2n) is 9.03. The molecule has 2 heterocycles. The van der Waals surface area contributed by atoms with Crippen LogP contribution in [0, 0.1) is 0 Å². The van der Waals surface area contributed by atoms with Crippen LogP contribution >= 0.6 is 15.9 Å². The minimum atomic E-state index is -1.11. The van der Waals surface area contributed by atoms with E-state index in [0.717, 1.165) is 20.9 Å². The van der Waals surface area contributed by atoms with Crippen LogP contribution in [0.15, 0.2) is 65.8 Å². The molecule has 0 unspecified atom stereocenters. The largest absolute Gasteiger partial charge is 0.504 e. The zero-order chi connectivity index (χ0) is 28.6. The summed E-state index contributed by atoms with van der Waals surface area (Å²) in [7, 11) is 0. The van der Waals surface area contributed by atoms with E-state index in [0.29, 0.717) is 11.3 Å². The molecule has 9 N–H and O–H groups in total. The Hall–Kier alpha value is -4.62. The van der Waals surface area contributed by atoms with Gasteiger partial charge in [0, 0.05) is 58.1 Å². The Morgan fingerprint density at radius 1 is 1.05 bits per heavy atom. The Morgan fingerprint density at radius 3 is 2.62 bits per heavy atom. The van der Waals surface area contributed by atoms with Crippen LogP contribution in [0.2, 0.25) is 0 Å². The molecule has 0 aliphatic carbocycles. The van der Waals surface area contributed by atoms with Gasteiger partial charge in [-0.25, -0.2) is 4.98 Å². The van der Waals surface area contributed by atoms with E-state index in [1.807, 2.05) is 24.4 Å². The molecule has 12 nitrogen and oxygen atoms in total. The summed E-state index contributed by atoms with van der Waals surface area (Å²) in [6.07, 6.45) is 8.17. The number of halogens is 1. The van der Waals surface area contributed by atoms with Gasteiger partial charge in [-0.05, 0) is 35.9 Å². The first kappa shape index (κ1) is 28.4. The molecule has 0 aliphatic heterocycles. The maximum atomic E-state index is 13.0. The number of nitrogens with zero attached hydrogens (tertiary/aromatic N) is 1. The molecular formula is C27H28BrN7O5. The van der Waals surface area contributed by atoms with Crippen LogP contribution in [0.4, 0.5) is 0 Å². The number of amides is 3. The van der Waals surface area contributed by atoms with Gasteiger partial charge in [-0.3, -0.25) is 14.4 Å². The van der Waals surface area contributed by atoms with Gasteiger partial charge in [0.25, 0.3) is 0 Å². The number of benzene rings is 2. The smallest absolute Gasteiger partial charge is 0.243 e. The number of hydrogen-bond donors (Lipinski definition) is 8. The highest BCUT2D eigenvalue weighted by molar-refractivity contribution is 9.10. The predicted molar refractivity (Wildman–Crippen MR) is 152 cm³/mol. The normalized spacial score (nSPS) is 12.8. The van der Waals surface area contributed by atoms with Crippen LogP contribution in [0.25, 0.3) is 17.0 Å². The molecule has 0 fully saturated rings. The molecule has 0 aliphatic rings. The van der Waals surface area contributed by atoms with Crippen LogP contribution in [0.3, 0.4) is 0 Å². The van der Waals surface area contributed by atoms with Crippen molar-refractivity contribution in [3.63, 3.8) is 0 Å². The van der Waals surface area contributed by atoms with E-state index < -0.39 is 29.8 Å². The highest BCUT2D eigenvalue weighted by Crippen LogP contribution is 2.25. The van der Waals surface area contributed by atoms with Crippen molar-refractivity contribution in [1.29, 1.82) is 0 Å². The molecule has 4 rings (SSSR count). The number of nitrogens with two attached hydrogens (primary N) is 1. The van der Waals surface area contributed by atoms with Crippen molar-refractivity contribution in [2.75, 3.05) is 6.54 Å². The van der Waals surface area contributed by atoms with Crippen LogP contribution in [-0.4, -0.2) is 61.5 Å². The van der Waals surface area contributed by atoms with Gasteiger partial charge in [0.1, 0.15) is 6.04 Å². The first-order valence-electron chi connectivity index (χ1n) is 12.2. The lowest BCUT2D eigenvalue weighted by atomic mass is 10.0. The summed E-state index contributed by atoms with van der Waals surface area (Å²) in [5, 5.41) is 28.1. The molecule has 13 heteroatoms. The number of phenols is 2. The summed E-state index contributed by atoms with van der Waals surface area (Å²) in [6.45, 7) is -0.350. The number of carbonyl (C=O) groups is 3. The van der Waals surface area contributed by atoms with E-state index in [2.05, 4.69) is 46.8 Å². The zero-order valence-electron chi connectivity index (χ0n) is 21.1. The lowest BCUT2D eigenvalue weighted by Gasteiger charge is -2.21. The van der Waals surface area contributed by atoms with Gasteiger partial charge >= 0.3 is 0 Å². The van der Waals surface area contributed by atoms with Gasteiger partial charge in [0.15, 0.2) is 11.5 Å².